The predicted molar refractivity (Wildman–Crippen MR) is 51.3 cm³/mol. The van der Waals surface area contributed by atoms with Crippen LogP contribution in [0.1, 0.15) is 0 Å². The van der Waals surface area contributed by atoms with Gasteiger partial charge in [0.05, 0.1) is 5.69 Å². The molecule has 14 heavy (non-hydrogen) atoms. The van der Waals surface area contributed by atoms with Crippen LogP contribution in [0.4, 0.5) is 4.39 Å². The first-order valence-corrected chi connectivity index (χ1v) is 4.18. The molecule has 0 fully saturated rings. The Kier molecular flexibility index (Phi) is 2.14. The second kappa shape index (κ2) is 3.46. The highest BCUT2D eigenvalue weighted by Gasteiger charge is 2.04. The van der Waals surface area contributed by atoms with Gasteiger partial charge in [-0.2, -0.15) is 4.39 Å². The normalized spacial score (nSPS) is 10.1. The summed E-state index contributed by atoms with van der Waals surface area (Å²) in [6.45, 7) is 0. The highest BCUT2D eigenvalue weighted by atomic mass is 19.1. The quantitative estimate of drug-likeness (QED) is 0.699. The van der Waals surface area contributed by atoms with Gasteiger partial charge in [-0.1, -0.05) is 18.2 Å². The van der Waals surface area contributed by atoms with E-state index < -0.39 is 5.95 Å². The first-order chi connectivity index (χ1) is 6.77. The Hall–Kier alpha value is -1.90. The summed E-state index contributed by atoms with van der Waals surface area (Å²) in [5, 5.41) is 9.49. The van der Waals surface area contributed by atoms with Gasteiger partial charge >= 0.3 is 0 Å². The third kappa shape index (κ3) is 1.57. The molecule has 1 aromatic carbocycles. The van der Waals surface area contributed by atoms with Gasteiger partial charge in [-0.15, -0.1) is 0 Å². The van der Waals surface area contributed by atoms with Crippen molar-refractivity contribution in [2.75, 3.05) is 0 Å². The Bertz CT molecular complexity index is 457. The number of benzene rings is 1. The van der Waals surface area contributed by atoms with Crippen molar-refractivity contribution in [1.29, 1.82) is 0 Å². The molecule has 1 aromatic heterocycles. The number of hydrogen-bond donors (Lipinski definition) is 1. The molecule has 0 bridgehead atoms. The highest BCUT2D eigenvalue weighted by Crippen LogP contribution is 2.26. The second-order valence-electron chi connectivity index (χ2n) is 2.86. The summed E-state index contributed by atoms with van der Waals surface area (Å²) in [4.78, 5) is 3.68. The molecule has 0 amide bonds. The summed E-state index contributed by atoms with van der Waals surface area (Å²) in [7, 11) is 0. The molecule has 2 aromatic rings. The van der Waals surface area contributed by atoms with Crippen LogP contribution in [0.2, 0.25) is 0 Å². The maximum absolute atomic E-state index is 12.8. The first-order valence-electron chi connectivity index (χ1n) is 4.18. The van der Waals surface area contributed by atoms with Crippen LogP contribution in [-0.4, -0.2) is 10.1 Å². The average Bonchev–Trinajstić information content (AvgIpc) is 2.18. The Morgan fingerprint density at radius 3 is 2.50 bits per heavy atom. The van der Waals surface area contributed by atoms with Crippen LogP contribution in [0.15, 0.2) is 42.5 Å². The van der Waals surface area contributed by atoms with Gasteiger partial charge in [-0.25, -0.2) is 4.98 Å². The minimum Gasteiger partial charge on any atom is -0.507 e. The molecule has 0 unspecified atom stereocenters. The van der Waals surface area contributed by atoms with E-state index in [1.54, 1.807) is 36.4 Å². The highest BCUT2D eigenvalue weighted by molar-refractivity contribution is 5.66. The lowest BCUT2D eigenvalue weighted by Crippen LogP contribution is -1.86. The number of phenols is 1. The van der Waals surface area contributed by atoms with E-state index in [-0.39, 0.29) is 5.75 Å². The molecule has 2 nitrogen and oxygen atoms in total. The Morgan fingerprint density at radius 2 is 1.79 bits per heavy atom. The van der Waals surface area contributed by atoms with E-state index in [0.717, 1.165) is 0 Å². The zero-order valence-corrected chi connectivity index (χ0v) is 7.31. The minimum absolute atomic E-state index is 0.102. The van der Waals surface area contributed by atoms with Gasteiger partial charge in [-0.05, 0) is 24.3 Å². The van der Waals surface area contributed by atoms with Gasteiger partial charge in [0.25, 0.3) is 0 Å². The molecule has 0 atom stereocenters. The Morgan fingerprint density at radius 1 is 1.00 bits per heavy atom. The fraction of sp³-hybridized carbons (Fsp3) is 0. The number of phenolic OH excluding ortho intramolecular Hbond substituents is 1. The van der Waals surface area contributed by atoms with Crippen LogP contribution in [0, 0.1) is 5.95 Å². The molecule has 70 valence electrons. The van der Waals surface area contributed by atoms with Crippen LogP contribution in [0.5, 0.6) is 5.75 Å². The molecule has 0 spiro atoms. The van der Waals surface area contributed by atoms with Crippen molar-refractivity contribution in [2.24, 2.45) is 0 Å². The molecule has 0 aliphatic carbocycles. The predicted octanol–water partition coefficient (Wildman–Crippen LogP) is 2.59. The lowest BCUT2D eigenvalue weighted by Gasteiger charge is -2.02. The molecule has 1 heterocycles. The lowest BCUT2D eigenvalue weighted by molar-refractivity contribution is 0.477. The zero-order valence-electron chi connectivity index (χ0n) is 7.31. The fourth-order valence-corrected chi connectivity index (χ4v) is 1.25. The van der Waals surface area contributed by atoms with Crippen molar-refractivity contribution < 1.29 is 9.50 Å². The molecular weight excluding hydrogens is 181 g/mol. The molecule has 0 aliphatic heterocycles. The van der Waals surface area contributed by atoms with E-state index >= 15 is 0 Å². The summed E-state index contributed by atoms with van der Waals surface area (Å²) < 4.78 is 12.8. The maximum Gasteiger partial charge on any atom is 0.213 e. The van der Waals surface area contributed by atoms with Gasteiger partial charge in [0.15, 0.2) is 0 Å². The maximum atomic E-state index is 12.8. The summed E-state index contributed by atoms with van der Waals surface area (Å²) in [6.07, 6.45) is 0. The van der Waals surface area contributed by atoms with E-state index in [1.807, 2.05) is 0 Å². The number of aromatic nitrogens is 1. The molecule has 1 N–H and O–H groups in total. The van der Waals surface area contributed by atoms with Crippen LogP contribution in [0.25, 0.3) is 11.3 Å². The molecular formula is C11H8FNO. The number of nitrogens with zero attached hydrogens (tertiary/aromatic N) is 1. The lowest BCUT2D eigenvalue weighted by atomic mass is 10.1. The molecule has 0 saturated carbocycles. The van der Waals surface area contributed by atoms with Gasteiger partial charge < -0.3 is 5.11 Å². The number of pyridine rings is 1. The SMILES string of the molecule is Oc1ccccc1-c1cccc(F)n1. The minimum atomic E-state index is -0.550. The van der Waals surface area contributed by atoms with Crippen LogP contribution in [-0.2, 0) is 0 Å². The Labute approximate surface area is 80.7 Å². The molecule has 3 heteroatoms. The monoisotopic (exact) mass is 189 g/mol. The summed E-state index contributed by atoms with van der Waals surface area (Å²) in [5.41, 5.74) is 0.968. The Balaban J connectivity index is 2.55. The van der Waals surface area contributed by atoms with Crippen molar-refractivity contribution >= 4 is 0 Å². The van der Waals surface area contributed by atoms with Crippen molar-refractivity contribution in [1.82, 2.24) is 4.98 Å². The number of aromatic hydroxyl groups is 1. The number of hydrogen-bond acceptors (Lipinski definition) is 2. The zero-order chi connectivity index (χ0) is 9.97. The van der Waals surface area contributed by atoms with E-state index in [4.69, 9.17) is 0 Å². The summed E-state index contributed by atoms with van der Waals surface area (Å²) >= 11 is 0. The second-order valence-corrected chi connectivity index (χ2v) is 2.86. The third-order valence-corrected chi connectivity index (χ3v) is 1.90. The number of rotatable bonds is 1. The number of halogens is 1. The fourth-order valence-electron chi connectivity index (χ4n) is 1.25. The topological polar surface area (TPSA) is 33.1 Å². The van der Waals surface area contributed by atoms with Crippen molar-refractivity contribution in [3.05, 3.63) is 48.4 Å². The van der Waals surface area contributed by atoms with Crippen LogP contribution in [0.3, 0.4) is 0 Å². The van der Waals surface area contributed by atoms with Crippen molar-refractivity contribution in [3.8, 4) is 17.0 Å². The van der Waals surface area contributed by atoms with E-state index in [0.29, 0.717) is 11.3 Å². The smallest absolute Gasteiger partial charge is 0.213 e. The van der Waals surface area contributed by atoms with Crippen molar-refractivity contribution in [2.45, 2.75) is 0 Å². The largest absolute Gasteiger partial charge is 0.507 e. The standard InChI is InChI=1S/C11H8FNO/c12-11-7-3-5-9(13-11)8-4-1-2-6-10(8)14/h1-7,14H. The molecule has 0 saturated heterocycles. The summed E-state index contributed by atoms with van der Waals surface area (Å²) in [6, 6.07) is 11.2. The van der Waals surface area contributed by atoms with E-state index in [9.17, 15) is 9.50 Å². The average molecular weight is 189 g/mol. The van der Waals surface area contributed by atoms with Gasteiger partial charge in [0.1, 0.15) is 5.75 Å². The van der Waals surface area contributed by atoms with Gasteiger partial charge in [-0.3, -0.25) is 0 Å². The third-order valence-electron chi connectivity index (χ3n) is 1.90. The number of para-hydroxylation sites is 1. The molecule has 0 radical (unpaired) electrons. The first kappa shape index (κ1) is 8.69. The van der Waals surface area contributed by atoms with Crippen molar-refractivity contribution in [3.63, 3.8) is 0 Å². The van der Waals surface area contributed by atoms with E-state index in [2.05, 4.69) is 4.98 Å². The molecule has 2 rings (SSSR count). The van der Waals surface area contributed by atoms with Gasteiger partial charge in [0, 0.05) is 5.56 Å². The van der Waals surface area contributed by atoms with E-state index in [1.165, 1.54) is 6.07 Å². The molecule has 0 aliphatic rings. The van der Waals surface area contributed by atoms with Crippen LogP contribution < -0.4 is 0 Å². The van der Waals surface area contributed by atoms with Gasteiger partial charge in [0.2, 0.25) is 5.95 Å². The summed E-state index contributed by atoms with van der Waals surface area (Å²) in [5.74, 6) is -0.448. The van der Waals surface area contributed by atoms with Crippen LogP contribution >= 0.6 is 0 Å².